The number of nitrogens with zero attached hydrogens (tertiary/aromatic N) is 3. The topological polar surface area (TPSA) is 69.4 Å². The molecule has 1 aliphatic heterocycles. The molecule has 1 aromatic heterocycles. The highest BCUT2D eigenvalue weighted by Crippen LogP contribution is 2.33. The molecule has 1 N–H and O–H groups in total. The highest BCUT2D eigenvalue weighted by molar-refractivity contribution is 5.52. The maximum absolute atomic E-state index is 10.9. The lowest BCUT2D eigenvalue weighted by molar-refractivity contribution is -0.155. The monoisotopic (exact) mass is 301 g/mol. The average molecular weight is 301 g/mol. The van der Waals surface area contributed by atoms with E-state index in [2.05, 4.69) is 10.1 Å². The second-order valence-electron chi connectivity index (χ2n) is 5.67. The van der Waals surface area contributed by atoms with Crippen LogP contribution in [0.2, 0.25) is 0 Å². The molecule has 0 bridgehead atoms. The summed E-state index contributed by atoms with van der Waals surface area (Å²) >= 11 is 0. The SMILES string of the molecule is CC1(C(O)=C(Cc2ccccc2)n2cncn2)COCOC1. The van der Waals surface area contributed by atoms with Crippen LogP contribution in [0.3, 0.4) is 0 Å². The van der Waals surface area contributed by atoms with E-state index in [1.807, 2.05) is 37.3 Å². The first-order chi connectivity index (χ1) is 10.7. The molecular formula is C16H19N3O3. The number of aliphatic hydroxyl groups excluding tert-OH is 1. The first kappa shape index (κ1) is 14.7. The van der Waals surface area contributed by atoms with Gasteiger partial charge in [0.05, 0.1) is 24.3 Å². The van der Waals surface area contributed by atoms with E-state index in [-0.39, 0.29) is 12.6 Å². The first-order valence-electron chi connectivity index (χ1n) is 7.16. The van der Waals surface area contributed by atoms with Gasteiger partial charge in [-0.1, -0.05) is 30.3 Å². The molecular weight excluding hydrogens is 282 g/mol. The van der Waals surface area contributed by atoms with Crippen molar-refractivity contribution in [1.29, 1.82) is 0 Å². The van der Waals surface area contributed by atoms with Gasteiger partial charge in [-0.05, 0) is 12.5 Å². The zero-order valence-electron chi connectivity index (χ0n) is 12.5. The average Bonchev–Trinajstić information content (AvgIpc) is 3.08. The van der Waals surface area contributed by atoms with Crippen molar-refractivity contribution in [3.8, 4) is 0 Å². The Bertz CT molecular complexity index is 632. The fourth-order valence-electron chi connectivity index (χ4n) is 2.53. The molecule has 0 saturated carbocycles. The smallest absolute Gasteiger partial charge is 0.146 e. The van der Waals surface area contributed by atoms with E-state index >= 15 is 0 Å². The molecule has 1 aromatic carbocycles. The number of ether oxygens (including phenoxy) is 2. The second kappa shape index (κ2) is 6.29. The molecule has 22 heavy (non-hydrogen) atoms. The first-order valence-corrected chi connectivity index (χ1v) is 7.16. The van der Waals surface area contributed by atoms with Gasteiger partial charge in [-0.15, -0.1) is 0 Å². The number of hydrogen-bond acceptors (Lipinski definition) is 5. The van der Waals surface area contributed by atoms with Crippen molar-refractivity contribution >= 4 is 5.70 Å². The molecule has 1 saturated heterocycles. The quantitative estimate of drug-likeness (QED) is 0.877. The van der Waals surface area contributed by atoms with Gasteiger partial charge in [0.25, 0.3) is 0 Å². The van der Waals surface area contributed by atoms with Crippen LogP contribution in [-0.2, 0) is 15.9 Å². The Balaban J connectivity index is 1.99. The molecule has 0 unspecified atom stereocenters. The Hall–Kier alpha value is -2.18. The van der Waals surface area contributed by atoms with E-state index in [0.717, 1.165) is 5.56 Å². The van der Waals surface area contributed by atoms with Crippen molar-refractivity contribution in [1.82, 2.24) is 14.8 Å². The number of aromatic nitrogens is 3. The van der Waals surface area contributed by atoms with Crippen LogP contribution in [0.5, 0.6) is 0 Å². The van der Waals surface area contributed by atoms with Crippen LogP contribution in [0.4, 0.5) is 0 Å². The summed E-state index contributed by atoms with van der Waals surface area (Å²) in [5.41, 5.74) is 1.18. The minimum absolute atomic E-state index is 0.224. The summed E-state index contributed by atoms with van der Waals surface area (Å²) in [5, 5.41) is 15.0. The lowest BCUT2D eigenvalue weighted by Crippen LogP contribution is -2.37. The normalized spacial score (nSPS) is 18.8. The Morgan fingerprint density at radius 3 is 2.64 bits per heavy atom. The maximum Gasteiger partial charge on any atom is 0.146 e. The van der Waals surface area contributed by atoms with Gasteiger partial charge in [-0.3, -0.25) is 0 Å². The third-order valence-corrected chi connectivity index (χ3v) is 3.76. The summed E-state index contributed by atoms with van der Waals surface area (Å²) in [4.78, 5) is 3.98. The van der Waals surface area contributed by atoms with Gasteiger partial charge >= 0.3 is 0 Å². The van der Waals surface area contributed by atoms with Gasteiger partial charge in [0.2, 0.25) is 0 Å². The number of benzene rings is 1. The molecule has 3 rings (SSSR count). The number of hydrogen-bond donors (Lipinski definition) is 1. The third-order valence-electron chi connectivity index (χ3n) is 3.76. The maximum atomic E-state index is 10.9. The van der Waals surface area contributed by atoms with E-state index in [0.29, 0.717) is 25.3 Å². The molecule has 2 aromatic rings. The molecule has 116 valence electrons. The van der Waals surface area contributed by atoms with Crippen molar-refractivity contribution < 1.29 is 14.6 Å². The third kappa shape index (κ3) is 3.03. The number of aliphatic hydroxyl groups is 1. The summed E-state index contributed by atoms with van der Waals surface area (Å²) < 4.78 is 12.3. The molecule has 0 spiro atoms. The molecule has 6 nitrogen and oxygen atoms in total. The highest BCUT2D eigenvalue weighted by atomic mass is 16.7. The van der Waals surface area contributed by atoms with Crippen molar-refractivity contribution in [3.63, 3.8) is 0 Å². The Morgan fingerprint density at radius 1 is 1.27 bits per heavy atom. The van der Waals surface area contributed by atoms with E-state index in [1.165, 1.54) is 6.33 Å². The fourth-order valence-corrected chi connectivity index (χ4v) is 2.53. The van der Waals surface area contributed by atoms with Gasteiger partial charge in [0.1, 0.15) is 25.2 Å². The van der Waals surface area contributed by atoms with Gasteiger partial charge in [0.15, 0.2) is 0 Å². The predicted molar refractivity (Wildman–Crippen MR) is 80.9 cm³/mol. The molecule has 0 radical (unpaired) electrons. The van der Waals surface area contributed by atoms with Gasteiger partial charge in [-0.25, -0.2) is 9.67 Å². The van der Waals surface area contributed by atoms with Gasteiger partial charge in [0, 0.05) is 6.42 Å². The molecule has 1 fully saturated rings. The number of allylic oxidation sites excluding steroid dienone is 1. The minimum Gasteiger partial charge on any atom is -0.510 e. The van der Waals surface area contributed by atoms with Crippen molar-refractivity contribution in [3.05, 3.63) is 54.3 Å². The van der Waals surface area contributed by atoms with Crippen LogP contribution in [-0.4, -0.2) is 39.9 Å². The Labute approximate surface area is 129 Å². The van der Waals surface area contributed by atoms with Crippen LogP contribution in [0, 0.1) is 5.41 Å². The molecule has 2 heterocycles. The Kier molecular flexibility index (Phi) is 4.22. The summed E-state index contributed by atoms with van der Waals surface area (Å²) in [6.45, 7) is 3.00. The van der Waals surface area contributed by atoms with Crippen LogP contribution in [0.15, 0.2) is 48.7 Å². The van der Waals surface area contributed by atoms with Gasteiger partial charge < -0.3 is 14.6 Å². The summed E-state index contributed by atoms with van der Waals surface area (Å²) in [6, 6.07) is 9.94. The lowest BCUT2D eigenvalue weighted by Gasteiger charge is -2.33. The van der Waals surface area contributed by atoms with E-state index in [4.69, 9.17) is 9.47 Å². The van der Waals surface area contributed by atoms with Crippen LogP contribution >= 0.6 is 0 Å². The van der Waals surface area contributed by atoms with E-state index < -0.39 is 5.41 Å². The highest BCUT2D eigenvalue weighted by Gasteiger charge is 2.35. The van der Waals surface area contributed by atoms with E-state index in [9.17, 15) is 5.11 Å². The van der Waals surface area contributed by atoms with Gasteiger partial charge in [-0.2, -0.15) is 5.10 Å². The summed E-state index contributed by atoms with van der Waals surface area (Å²) in [6.07, 6.45) is 3.59. The molecule has 1 aliphatic rings. The molecule has 0 amide bonds. The van der Waals surface area contributed by atoms with Crippen LogP contribution in [0.1, 0.15) is 12.5 Å². The molecule has 0 atom stereocenters. The van der Waals surface area contributed by atoms with Crippen molar-refractivity contribution in [2.75, 3.05) is 20.0 Å². The molecule has 6 heteroatoms. The van der Waals surface area contributed by atoms with Crippen molar-refractivity contribution in [2.45, 2.75) is 13.3 Å². The van der Waals surface area contributed by atoms with E-state index in [1.54, 1.807) is 11.0 Å². The summed E-state index contributed by atoms with van der Waals surface area (Å²) in [5.74, 6) is 0.224. The fraction of sp³-hybridized carbons (Fsp3) is 0.375. The zero-order valence-corrected chi connectivity index (χ0v) is 12.5. The largest absolute Gasteiger partial charge is 0.510 e. The standard InChI is InChI=1S/C16H19N3O3/c1-16(8-21-12-22-9-16)15(20)14(19-11-17-10-18-19)7-13-5-3-2-4-6-13/h2-6,10-11,20H,7-9,12H2,1H3. The zero-order chi connectivity index (χ0) is 15.4. The minimum atomic E-state index is -0.589. The Morgan fingerprint density at radius 2 is 2.00 bits per heavy atom. The lowest BCUT2D eigenvalue weighted by atomic mass is 9.87. The number of rotatable bonds is 4. The van der Waals surface area contributed by atoms with Crippen LogP contribution in [0.25, 0.3) is 5.70 Å². The summed E-state index contributed by atoms with van der Waals surface area (Å²) in [7, 11) is 0. The van der Waals surface area contributed by atoms with Crippen molar-refractivity contribution in [2.24, 2.45) is 5.41 Å². The predicted octanol–water partition coefficient (Wildman–Crippen LogP) is 2.26. The second-order valence-corrected chi connectivity index (χ2v) is 5.67. The van der Waals surface area contributed by atoms with Crippen LogP contribution < -0.4 is 0 Å². The molecule has 0 aliphatic carbocycles.